The average molecular weight is 427 g/mol. The van der Waals surface area contributed by atoms with Gasteiger partial charge in [0.2, 0.25) is 0 Å². The van der Waals surface area contributed by atoms with E-state index in [0.29, 0.717) is 25.7 Å². The van der Waals surface area contributed by atoms with Gasteiger partial charge in [-0.2, -0.15) is 0 Å². The number of rotatable bonds is 9. The Balaban J connectivity index is 1.64. The van der Waals surface area contributed by atoms with Crippen molar-refractivity contribution < 1.29 is 9.84 Å². The van der Waals surface area contributed by atoms with Crippen LogP contribution in [0.15, 0.2) is 24.3 Å². The number of anilines is 1. The lowest BCUT2D eigenvalue weighted by molar-refractivity contribution is 0.00745. The van der Waals surface area contributed by atoms with Crippen molar-refractivity contribution >= 4 is 5.82 Å². The molecule has 1 atom stereocenters. The third kappa shape index (κ3) is 6.73. The molecule has 1 aliphatic rings. The van der Waals surface area contributed by atoms with Crippen molar-refractivity contribution in [2.45, 2.75) is 47.1 Å². The molecule has 1 fully saturated rings. The van der Waals surface area contributed by atoms with Crippen LogP contribution in [0.5, 0.6) is 0 Å². The molecule has 170 valence electrons. The lowest BCUT2D eigenvalue weighted by Gasteiger charge is -2.37. The summed E-state index contributed by atoms with van der Waals surface area (Å²) >= 11 is 0. The van der Waals surface area contributed by atoms with Gasteiger partial charge in [0.15, 0.2) is 0 Å². The van der Waals surface area contributed by atoms with Crippen molar-refractivity contribution in [1.29, 1.82) is 0 Å². The van der Waals surface area contributed by atoms with Gasteiger partial charge in [0, 0.05) is 57.0 Å². The van der Waals surface area contributed by atoms with Gasteiger partial charge in [-0.15, -0.1) is 0 Å². The Morgan fingerprint density at radius 2 is 1.71 bits per heavy atom. The molecule has 6 heteroatoms. The Morgan fingerprint density at radius 3 is 2.39 bits per heavy atom. The molecule has 1 N–H and O–H groups in total. The lowest BCUT2D eigenvalue weighted by atomic mass is 9.99. The summed E-state index contributed by atoms with van der Waals surface area (Å²) in [5.74, 6) is 2.37. The van der Waals surface area contributed by atoms with E-state index in [2.05, 4.69) is 66.7 Å². The summed E-state index contributed by atoms with van der Waals surface area (Å²) in [6, 6.07) is 8.54. The largest absolute Gasteiger partial charge is 0.389 e. The van der Waals surface area contributed by atoms with Gasteiger partial charge in [0.05, 0.1) is 12.7 Å². The fraction of sp³-hybridized carbons (Fsp3) is 0.600. The highest BCUT2D eigenvalue weighted by Crippen LogP contribution is 2.26. The second-order valence-corrected chi connectivity index (χ2v) is 9.13. The number of aliphatic hydroxyl groups is 1. The minimum atomic E-state index is -0.439. The van der Waals surface area contributed by atoms with E-state index in [9.17, 15) is 5.11 Å². The van der Waals surface area contributed by atoms with Gasteiger partial charge in [-0.05, 0) is 37.8 Å². The van der Waals surface area contributed by atoms with Gasteiger partial charge in [0.1, 0.15) is 11.6 Å². The number of hydrogen-bond donors (Lipinski definition) is 1. The third-order valence-corrected chi connectivity index (χ3v) is 5.83. The SMILES string of the molecule is Cc1nc(C)c(Cc2ccccc2C)c(N2CCN(C[C@H](O)COCC(C)C)CC2)n1. The predicted molar refractivity (Wildman–Crippen MR) is 126 cm³/mol. The first kappa shape index (κ1) is 23.6. The van der Waals surface area contributed by atoms with E-state index in [1.165, 1.54) is 16.7 Å². The van der Waals surface area contributed by atoms with E-state index in [-0.39, 0.29) is 0 Å². The molecule has 1 aromatic carbocycles. The summed E-state index contributed by atoms with van der Waals surface area (Å²) in [6.45, 7) is 15.8. The van der Waals surface area contributed by atoms with Crippen LogP contribution >= 0.6 is 0 Å². The first-order chi connectivity index (χ1) is 14.8. The number of β-amino-alcohol motifs (C(OH)–C–C–N with tert-alkyl or cyclic N) is 1. The average Bonchev–Trinajstić information content (AvgIpc) is 2.71. The fourth-order valence-electron chi connectivity index (χ4n) is 4.12. The Labute approximate surface area is 187 Å². The van der Waals surface area contributed by atoms with Crippen molar-refractivity contribution in [2.24, 2.45) is 5.92 Å². The predicted octanol–water partition coefficient (Wildman–Crippen LogP) is 3.15. The molecule has 1 aromatic heterocycles. The highest BCUT2D eigenvalue weighted by Gasteiger charge is 2.23. The highest BCUT2D eigenvalue weighted by molar-refractivity contribution is 5.52. The molecule has 0 unspecified atom stereocenters. The molecule has 0 saturated carbocycles. The van der Waals surface area contributed by atoms with E-state index < -0.39 is 6.10 Å². The van der Waals surface area contributed by atoms with Crippen LogP contribution in [0.25, 0.3) is 0 Å². The monoisotopic (exact) mass is 426 g/mol. The normalized spacial score (nSPS) is 16.2. The van der Waals surface area contributed by atoms with Gasteiger partial charge in [-0.1, -0.05) is 38.1 Å². The maximum Gasteiger partial charge on any atom is 0.136 e. The summed E-state index contributed by atoms with van der Waals surface area (Å²) in [6.07, 6.45) is 0.408. The standard InChI is InChI=1S/C25H38N4O2/c1-18(2)16-31-17-23(30)15-28-10-12-29(13-11-28)25-24(20(4)26-21(5)27-25)14-22-9-7-6-8-19(22)3/h6-9,18,23,30H,10-17H2,1-5H3/t23-/m0/s1. The summed E-state index contributed by atoms with van der Waals surface area (Å²) in [5, 5.41) is 10.3. The maximum atomic E-state index is 10.3. The molecule has 2 aromatic rings. The molecule has 0 bridgehead atoms. The topological polar surface area (TPSA) is 61.7 Å². The van der Waals surface area contributed by atoms with Crippen molar-refractivity contribution in [3.8, 4) is 0 Å². The second kappa shape index (κ2) is 11.0. The van der Waals surface area contributed by atoms with Gasteiger partial charge >= 0.3 is 0 Å². The minimum Gasteiger partial charge on any atom is -0.389 e. The van der Waals surface area contributed by atoms with Crippen LogP contribution in [0.2, 0.25) is 0 Å². The molecule has 1 saturated heterocycles. The Morgan fingerprint density at radius 1 is 1.00 bits per heavy atom. The van der Waals surface area contributed by atoms with E-state index in [0.717, 1.165) is 49.9 Å². The number of aliphatic hydroxyl groups excluding tert-OH is 1. The molecule has 0 spiro atoms. The Hall–Kier alpha value is -2.02. The molecule has 0 amide bonds. The van der Waals surface area contributed by atoms with Crippen LogP contribution in [0.4, 0.5) is 5.82 Å². The van der Waals surface area contributed by atoms with E-state index in [1.54, 1.807) is 0 Å². The highest BCUT2D eigenvalue weighted by atomic mass is 16.5. The van der Waals surface area contributed by atoms with Crippen molar-refractivity contribution in [3.63, 3.8) is 0 Å². The van der Waals surface area contributed by atoms with Gasteiger partial charge < -0.3 is 14.7 Å². The van der Waals surface area contributed by atoms with Crippen molar-refractivity contribution in [3.05, 3.63) is 52.5 Å². The van der Waals surface area contributed by atoms with Gasteiger partial charge in [0.25, 0.3) is 0 Å². The first-order valence-electron chi connectivity index (χ1n) is 11.4. The zero-order valence-corrected chi connectivity index (χ0v) is 19.8. The smallest absolute Gasteiger partial charge is 0.136 e. The van der Waals surface area contributed by atoms with E-state index in [1.807, 2.05) is 6.92 Å². The molecular formula is C25H38N4O2. The van der Waals surface area contributed by atoms with Crippen LogP contribution in [0.3, 0.4) is 0 Å². The maximum absolute atomic E-state index is 10.3. The number of piperazine rings is 1. The van der Waals surface area contributed by atoms with Gasteiger partial charge in [-0.25, -0.2) is 9.97 Å². The van der Waals surface area contributed by atoms with Crippen LogP contribution < -0.4 is 4.90 Å². The number of ether oxygens (including phenoxy) is 1. The zero-order chi connectivity index (χ0) is 22.4. The summed E-state index contributed by atoms with van der Waals surface area (Å²) in [5.41, 5.74) is 4.90. The van der Waals surface area contributed by atoms with Crippen LogP contribution in [-0.2, 0) is 11.2 Å². The van der Waals surface area contributed by atoms with E-state index in [4.69, 9.17) is 9.72 Å². The molecule has 1 aliphatic heterocycles. The lowest BCUT2D eigenvalue weighted by Crippen LogP contribution is -2.49. The Bertz CT molecular complexity index is 847. The second-order valence-electron chi connectivity index (χ2n) is 9.13. The van der Waals surface area contributed by atoms with Gasteiger partial charge in [-0.3, -0.25) is 4.90 Å². The van der Waals surface area contributed by atoms with Crippen molar-refractivity contribution in [2.75, 3.05) is 50.8 Å². The molecule has 0 radical (unpaired) electrons. The molecular weight excluding hydrogens is 388 g/mol. The minimum absolute atomic E-state index is 0.406. The van der Waals surface area contributed by atoms with Crippen LogP contribution in [0, 0.1) is 26.7 Å². The fourth-order valence-corrected chi connectivity index (χ4v) is 4.12. The molecule has 3 rings (SSSR count). The summed E-state index contributed by atoms with van der Waals surface area (Å²) < 4.78 is 5.59. The number of benzene rings is 1. The summed E-state index contributed by atoms with van der Waals surface area (Å²) in [7, 11) is 0. The number of hydrogen-bond acceptors (Lipinski definition) is 6. The van der Waals surface area contributed by atoms with E-state index >= 15 is 0 Å². The number of aromatic nitrogens is 2. The third-order valence-electron chi connectivity index (χ3n) is 5.83. The molecule has 31 heavy (non-hydrogen) atoms. The summed E-state index contributed by atoms with van der Waals surface area (Å²) in [4.78, 5) is 14.2. The quantitative estimate of drug-likeness (QED) is 0.665. The zero-order valence-electron chi connectivity index (χ0n) is 19.8. The van der Waals surface area contributed by atoms with Crippen LogP contribution in [0.1, 0.15) is 42.1 Å². The molecule has 2 heterocycles. The molecule has 0 aliphatic carbocycles. The molecule has 6 nitrogen and oxygen atoms in total. The van der Waals surface area contributed by atoms with Crippen LogP contribution in [-0.4, -0.2) is 72.0 Å². The Kier molecular flexibility index (Phi) is 8.41. The van der Waals surface area contributed by atoms with Crippen molar-refractivity contribution in [1.82, 2.24) is 14.9 Å². The number of aryl methyl sites for hydroxylation is 3. The first-order valence-corrected chi connectivity index (χ1v) is 11.4. The number of nitrogens with zero attached hydrogens (tertiary/aromatic N) is 4.